The van der Waals surface area contributed by atoms with Crippen molar-refractivity contribution >= 4 is 43.4 Å². The van der Waals surface area contributed by atoms with Gasteiger partial charge in [0.2, 0.25) is 0 Å². The standard InChI is InChI=1S/C41H25N3OS/c1-2-9-26(10-3-1)29-12-8-13-31(23-29)40-42-39(28-19-17-27(18-20-28)38-25-30-11-4-7-16-37(30)46-38)43-41(44-40)32-21-22-34-33-14-5-6-15-35(33)45-36(34)24-32/h1-25H. The fraction of sp³-hybridized carbons (Fsp3) is 0. The topological polar surface area (TPSA) is 51.8 Å². The van der Waals surface area contributed by atoms with Crippen LogP contribution in [0.1, 0.15) is 0 Å². The summed E-state index contributed by atoms with van der Waals surface area (Å²) in [5, 5.41) is 3.43. The summed E-state index contributed by atoms with van der Waals surface area (Å²) in [5.74, 6) is 1.84. The number of para-hydroxylation sites is 1. The molecule has 5 heteroatoms. The second kappa shape index (κ2) is 10.9. The van der Waals surface area contributed by atoms with Gasteiger partial charge in [-0.15, -0.1) is 11.3 Å². The maximum atomic E-state index is 6.22. The molecule has 0 aliphatic heterocycles. The zero-order chi connectivity index (χ0) is 30.5. The van der Waals surface area contributed by atoms with Gasteiger partial charge in [0.1, 0.15) is 11.2 Å². The van der Waals surface area contributed by atoms with Crippen molar-refractivity contribution in [2.45, 2.75) is 0 Å². The number of aromatic nitrogens is 3. The van der Waals surface area contributed by atoms with Crippen molar-refractivity contribution in [3.8, 4) is 55.7 Å². The number of furan rings is 1. The van der Waals surface area contributed by atoms with Crippen molar-refractivity contribution in [1.82, 2.24) is 15.0 Å². The predicted octanol–water partition coefficient (Wildman–Crippen LogP) is 11.3. The third-order valence-electron chi connectivity index (χ3n) is 8.35. The van der Waals surface area contributed by atoms with Crippen LogP contribution in [0.2, 0.25) is 0 Å². The van der Waals surface area contributed by atoms with Gasteiger partial charge in [-0.3, -0.25) is 0 Å². The van der Waals surface area contributed by atoms with E-state index in [4.69, 9.17) is 19.4 Å². The Morgan fingerprint density at radius 2 is 1.00 bits per heavy atom. The van der Waals surface area contributed by atoms with Gasteiger partial charge in [-0.1, -0.05) is 115 Å². The first kappa shape index (κ1) is 26.5. The van der Waals surface area contributed by atoms with Crippen LogP contribution in [-0.2, 0) is 0 Å². The Morgan fingerprint density at radius 1 is 0.391 bits per heavy atom. The highest BCUT2D eigenvalue weighted by molar-refractivity contribution is 7.22. The summed E-state index contributed by atoms with van der Waals surface area (Å²) >= 11 is 1.80. The fourth-order valence-electron chi connectivity index (χ4n) is 6.00. The van der Waals surface area contributed by atoms with Crippen LogP contribution in [0.15, 0.2) is 156 Å². The molecule has 0 aliphatic carbocycles. The molecular weight excluding hydrogens is 583 g/mol. The zero-order valence-corrected chi connectivity index (χ0v) is 25.4. The van der Waals surface area contributed by atoms with E-state index in [0.717, 1.165) is 49.8 Å². The number of hydrogen-bond acceptors (Lipinski definition) is 5. The molecule has 46 heavy (non-hydrogen) atoms. The third-order valence-corrected chi connectivity index (χ3v) is 9.52. The lowest BCUT2D eigenvalue weighted by Gasteiger charge is -2.10. The van der Waals surface area contributed by atoms with E-state index in [9.17, 15) is 0 Å². The first-order valence-corrected chi connectivity index (χ1v) is 16.0. The van der Waals surface area contributed by atoms with Gasteiger partial charge in [-0.05, 0) is 58.5 Å². The van der Waals surface area contributed by atoms with E-state index in [0.29, 0.717) is 17.5 Å². The number of fused-ring (bicyclic) bond motifs is 4. The molecule has 216 valence electrons. The molecule has 9 aromatic rings. The van der Waals surface area contributed by atoms with Gasteiger partial charge in [0.25, 0.3) is 0 Å². The summed E-state index contributed by atoms with van der Waals surface area (Å²) in [6, 6.07) is 52.3. The van der Waals surface area contributed by atoms with Gasteiger partial charge in [-0.2, -0.15) is 0 Å². The number of rotatable bonds is 5. The summed E-state index contributed by atoms with van der Waals surface area (Å²) in [5.41, 5.74) is 7.83. The SMILES string of the molecule is c1ccc(-c2cccc(-c3nc(-c4ccc(-c5cc6ccccc6s5)cc4)nc(-c4ccc5c(c4)oc4ccccc45)n3)c2)cc1. The molecule has 0 radical (unpaired) electrons. The van der Waals surface area contributed by atoms with Crippen molar-refractivity contribution in [3.63, 3.8) is 0 Å². The number of hydrogen-bond donors (Lipinski definition) is 0. The molecule has 0 bridgehead atoms. The van der Waals surface area contributed by atoms with Gasteiger partial charge in [0, 0.05) is 37.0 Å². The van der Waals surface area contributed by atoms with Gasteiger partial charge in [-0.25, -0.2) is 15.0 Å². The lowest BCUT2D eigenvalue weighted by atomic mass is 10.0. The molecule has 3 aromatic heterocycles. The summed E-state index contributed by atoms with van der Waals surface area (Å²) in [6.07, 6.45) is 0. The predicted molar refractivity (Wildman–Crippen MR) is 190 cm³/mol. The molecule has 0 saturated carbocycles. The molecule has 0 unspecified atom stereocenters. The van der Waals surface area contributed by atoms with Crippen LogP contribution in [-0.4, -0.2) is 15.0 Å². The lowest BCUT2D eigenvalue weighted by molar-refractivity contribution is 0.669. The first-order valence-electron chi connectivity index (χ1n) is 15.2. The van der Waals surface area contributed by atoms with Crippen molar-refractivity contribution in [3.05, 3.63) is 152 Å². The Bertz CT molecular complexity index is 2500. The molecule has 3 heterocycles. The maximum absolute atomic E-state index is 6.22. The molecule has 0 fully saturated rings. The maximum Gasteiger partial charge on any atom is 0.164 e. The average Bonchev–Trinajstić information content (AvgIpc) is 3.73. The van der Waals surface area contributed by atoms with Crippen LogP contribution in [0.3, 0.4) is 0 Å². The highest BCUT2D eigenvalue weighted by Crippen LogP contribution is 2.36. The molecule has 4 nitrogen and oxygen atoms in total. The summed E-state index contributed by atoms with van der Waals surface area (Å²) in [4.78, 5) is 16.3. The van der Waals surface area contributed by atoms with E-state index >= 15 is 0 Å². The van der Waals surface area contributed by atoms with E-state index in [1.165, 1.54) is 20.5 Å². The lowest BCUT2D eigenvalue weighted by Crippen LogP contribution is -2.00. The van der Waals surface area contributed by atoms with Crippen LogP contribution in [0.4, 0.5) is 0 Å². The van der Waals surface area contributed by atoms with Gasteiger partial charge >= 0.3 is 0 Å². The Kier molecular flexibility index (Phi) is 6.28. The summed E-state index contributed by atoms with van der Waals surface area (Å²) in [6.45, 7) is 0. The Labute approximate surface area is 269 Å². The molecule has 0 amide bonds. The fourth-order valence-corrected chi connectivity index (χ4v) is 7.07. The largest absolute Gasteiger partial charge is 0.456 e. The molecule has 6 aromatic carbocycles. The van der Waals surface area contributed by atoms with Gasteiger partial charge < -0.3 is 4.42 Å². The Morgan fingerprint density at radius 3 is 1.83 bits per heavy atom. The van der Waals surface area contributed by atoms with Crippen LogP contribution >= 0.6 is 11.3 Å². The molecule has 0 spiro atoms. The molecule has 9 rings (SSSR count). The van der Waals surface area contributed by atoms with E-state index < -0.39 is 0 Å². The molecule has 0 N–H and O–H groups in total. The minimum atomic E-state index is 0.598. The number of benzene rings is 6. The van der Waals surface area contributed by atoms with Crippen molar-refractivity contribution < 1.29 is 4.42 Å². The van der Waals surface area contributed by atoms with E-state index in [1.54, 1.807) is 11.3 Å². The van der Waals surface area contributed by atoms with Gasteiger partial charge in [0.05, 0.1) is 0 Å². The summed E-state index contributed by atoms with van der Waals surface area (Å²) < 4.78 is 7.50. The second-order valence-corrected chi connectivity index (χ2v) is 12.4. The van der Waals surface area contributed by atoms with E-state index in [1.807, 2.05) is 30.3 Å². The second-order valence-electron chi connectivity index (χ2n) is 11.3. The Balaban J connectivity index is 1.17. The monoisotopic (exact) mass is 607 g/mol. The minimum Gasteiger partial charge on any atom is -0.456 e. The number of thiophene rings is 1. The first-order chi connectivity index (χ1) is 22.7. The summed E-state index contributed by atoms with van der Waals surface area (Å²) in [7, 11) is 0. The van der Waals surface area contributed by atoms with Crippen LogP contribution in [0.25, 0.3) is 87.8 Å². The molecule has 0 atom stereocenters. The zero-order valence-electron chi connectivity index (χ0n) is 24.6. The quantitative estimate of drug-likeness (QED) is 0.195. The molecule has 0 saturated heterocycles. The molecule has 0 aliphatic rings. The van der Waals surface area contributed by atoms with Crippen LogP contribution in [0, 0.1) is 0 Å². The van der Waals surface area contributed by atoms with E-state index in [-0.39, 0.29) is 0 Å². The van der Waals surface area contributed by atoms with Gasteiger partial charge in [0.15, 0.2) is 17.5 Å². The molecular formula is C41H25N3OS. The highest BCUT2D eigenvalue weighted by atomic mass is 32.1. The van der Waals surface area contributed by atoms with Crippen molar-refractivity contribution in [1.29, 1.82) is 0 Å². The smallest absolute Gasteiger partial charge is 0.164 e. The van der Waals surface area contributed by atoms with Crippen molar-refractivity contribution in [2.75, 3.05) is 0 Å². The number of nitrogens with zero attached hydrogens (tertiary/aromatic N) is 3. The van der Waals surface area contributed by atoms with Crippen molar-refractivity contribution in [2.24, 2.45) is 0 Å². The Hall–Kier alpha value is -5.91. The highest BCUT2D eigenvalue weighted by Gasteiger charge is 2.15. The normalized spacial score (nSPS) is 11.5. The van der Waals surface area contributed by atoms with E-state index in [2.05, 4.69) is 121 Å². The average molecular weight is 608 g/mol. The van der Waals surface area contributed by atoms with Crippen LogP contribution in [0.5, 0.6) is 0 Å². The minimum absolute atomic E-state index is 0.598. The van der Waals surface area contributed by atoms with Crippen LogP contribution < -0.4 is 0 Å². The third kappa shape index (κ3) is 4.74.